The lowest BCUT2D eigenvalue weighted by atomic mass is 10.0. The predicted molar refractivity (Wildman–Crippen MR) is 87.0 cm³/mol. The second-order valence-electron chi connectivity index (χ2n) is 6.70. The third kappa shape index (κ3) is 7.66. The molecule has 0 fully saturated rings. The van der Waals surface area contributed by atoms with Crippen molar-refractivity contribution in [2.75, 3.05) is 6.61 Å². The third-order valence-corrected chi connectivity index (χ3v) is 3.51. The van der Waals surface area contributed by atoms with Crippen LogP contribution in [0, 0.1) is 5.92 Å². The van der Waals surface area contributed by atoms with Crippen molar-refractivity contribution in [2.24, 2.45) is 11.7 Å². The van der Waals surface area contributed by atoms with Crippen molar-refractivity contribution in [1.29, 1.82) is 0 Å². The summed E-state index contributed by atoms with van der Waals surface area (Å²) in [5, 5.41) is 2.51. The lowest BCUT2D eigenvalue weighted by Crippen LogP contribution is -2.46. The Morgan fingerprint density at radius 3 is 1.93 bits per heavy atom. The average molecular weight is 400 g/mol. The Bertz CT molecular complexity index is 611. The van der Waals surface area contributed by atoms with E-state index in [2.05, 4.69) is 5.32 Å². The van der Waals surface area contributed by atoms with Gasteiger partial charge in [-0.25, -0.2) is 0 Å². The van der Waals surface area contributed by atoms with E-state index in [1.54, 1.807) is 0 Å². The summed E-state index contributed by atoms with van der Waals surface area (Å²) in [6.45, 7) is 4.94. The van der Waals surface area contributed by atoms with Crippen LogP contribution in [0.5, 0.6) is 5.75 Å². The summed E-state index contributed by atoms with van der Waals surface area (Å²) in [6.07, 6.45) is -9.48. The predicted octanol–water partition coefficient (Wildman–Crippen LogP) is 3.98. The number of halogens is 6. The van der Waals surface area contributed by atoms with Gasteiger partial charge >= 0.3 is 12.4 Å². The van der Waals surface area contributed by atoms with E-state index in [0.29, 0.717) is 18.6 Å². The number of ether oxygens (including phenoxy) is 1. The van der Waals surface area contributed by atoms with Gasteiger partial charge in [-0.05, 0) is 37.5 Å². The molecule has 0 aliphatic carbocycles. The number of carbonyl (C=O) groups excluding carboxylic acids is 1. The van der Waals surface area contributed by atoms with Crippen LogP contribution in [0.1, 0.15) is 38.3 Å². The Balaban J connectivity index is 2.82. The van der Waals surface area contributed by atoms with E-state index in [0.717, 1.165) is 0 Å². The maximum absolute atomic E-state index is 12.8. The van der Waals surface area contributed by atoms with Crippen LogP contribution in [0.2, 0.25) is 0 Å². The maximum atomic E-state index is 12.8. The lowest BCUT2D eigenvalue weighted by Gasteiger charge is -2.20. The van der Waals surface area contributed by atoms with Crippen LogP contribution in [0.4, 0.5) is 26.3 Å². The third-order valence-electron chi connectivity index (χ3n) is 3.51. The normalized spacial score (nSPS) is 14.8. The summed E-state index contributed by atoms with van der Waals surface area (Å²) in [5.41, 5.74) is 2.77. The van der Waals surface area contributed by atoms with Crippen LogP contribution >= 0.6 is 0 Å². The number of hydrogen-bond donors (Lipinski definition) is 2. The molecule has 0 saturated heterocycles. The molecule has 3 N–H and O–H groups in total. The van der Waals surface area contributed by atoms with Gasteiger partial charge in [0.2, 0.25) is 5.91 Å². The van der Waals surface area contributed by atoms with Gasteiger partial charge in [-0.15, -0.1) is 0 Å². The van der Waals surface area contributed by atoms with Gasteiger partial charge in [0.05, 0.1) is 23.2 Å². The van der Waals surface area contributed by atoms with Gasteiger partial charge in [-0.3, -0.25) is 4.79 Å². The highest BCUT2D eigenvalue weighted by Gasteiger charge is 2.37. The van der Waals surface area contributed by atoms with Crippen molar-refractivity contribution in [3.8, 4) is 5.75 Å². The number of hydrogen-bond acceptors (Lipinski definition) is 3. The Labute approximate surface area is 153 Å². The topological polar surface area (TPSA) is 64.4 Å². The van der Waals surface area contributed by atoms with Gasteiger partial charge in [0, 0.05) is 0 Å². The second-order valence-corrected chi connectivity index (χ2v) is 6.70. The fraction of sp³-hybridized carbons (Fsp3) is 0.588. The van der Waals surface area contributed by atoms with Crippen molar-refractivity contribution in [3.63, 3.8) is 0 Å². The van der Waals surface area contributed by atoms with Crippen LogP contribution in [0.25, 0.3) is 0 Å². The molecule has 0 spiro atoms. The van der Waals surface area contributed by atoms with Crippen molar-refractivity contribution in [1.82, 2.24) is 5.32 Å². The molecule has 1 aromatic rings. The molecule has 0 heterocycles. The van der Waals surface area contributed by atoms with Crippen LogP contribution in [0.3, 0.4) is 0 Å². The Morgan fingerprint density at radius 2 is 1.52 bits per heavy atom. The Kier molecular flexibility index (Phi) is 7.53. The molecule has 0 unspecified atom stereocenters. The SMILES string of the molecule is CC(C)C[C@@H](N)C(=O)N[C@@H](C)COc1cc(C(F)(F)F)cc(C(F)(F)F)c1. The lowest BCUT2D eigenvalue weighted by molar-refractivity contribution is -0.143. The van der Waals surface area contributed by atoms with Crippen molar-refractivity contribution in [2.45, 2.75) is 51.6 Å². The number of carbonyl (C=O) groups is 1. The van der Waals surface area contributed by atoms with E-state index in [4.69, 9.17) is 10.5 Å². The van der Waals surface area contributed by atoms with Crippen LogP contribution in [0.15, 0.2) is 18.2 Å². The molecule has 1 rings (SSSR count). The summed E-state index contributed by atoms with van der Waals surface area (Å²) in [4.78, 5) is 11.9. The molecule has 0 aromatic heterocycles. The minimum Gasteiger partial charge on any atom is -0.491 e. The first kappa shape index (κ1) is 23.1. The molecule has 0 radical (unpaired) electrons. The quantitative estimate of drug-likeness (QED) is 0.681. The zero-order valence-electron chi connectivity index (χ0n) is 15.0. The molecule has 0 saturated carbocycles. The standard InChI is InChI=1S/C17H22F6N2O2/c1-9(2)4-14(24)15(26)25-10(3)8-27-13-6-11(16(18,19)20)5-12(7-13)17(21,22)23/h5-7,9-10,14H,4,8,24H2,1-3H3,(H,25,26)/t10-,14+/m0/s1. The molecular weight excluding hydrogens is 378 g/mol. The molecule has 0 aliphatic heterocycles. The van der Waals surface area contributed by atoms with Crippen molar-refractivity contribution in [3.05, 3.63) is 29.3 Å². The molecule has 0 aliphatic rings. The van der Waals surface area contributed by atoms with E-state index < -0.39 is 47.2 Å². The van der Waals surface area contributed by atoms with Gasteiger partial charge in [-0.1, -0.05) is 13.8 Å². The van der Waals surface area contributed by atoms with E-state index in [1.807, 2.05) is 13.8 Å². The van der Waals surface area contributed by atoms with Crippen molar-refractivity contribution >= 4 is 5.91 Å². The monoisotopic (exact) mass is 400 g/mol. The zero-order valence-corrected chi connectivity index (χ0v) is 15.0. The largest absolute Gasteiger partial charge is 0.491 e. The molecule has 10 heteroatoms. The van der Waals surface area contributed by atoms with E-state index in [9.17, 15) is 31.1 Å². The summed E-state index contributed by atoms with van der Waals surface area (Å²) < 4.78 is 81.9. The van der Waals surface area contributed by atoms with Gasteiger partial charge < -0.3 is 15.8 Å². The molecule has 2 atom stereocenters. The highest BCUT2D eigenvalue weighted by molar-refractivity contribution is 5.81. The zero-order chi connectivity index (χ0) is 21.0. The first-order valence-corrected chi connectivity index (χ1v) is 8.18. The van der Waals surface area contributed by atoms with Crippen molar-refractivity contribution < 1.29 is 35.9 Å². The minimum absolute atomic E-state index is 0.0169. The Morgan fingerprint density at radius 1 is 1.04 bits per heavy atom. The average Bonchev–Trinajstić information content (AvgIpc) is 2.50. The molecule has 1 aromatic carbocycles. The molecule has 154 valence electrons. The smallest absolute Gasteiger partial charge is 0.416 e. The summed E-state index contributed by atoms with van der Waals surface area (Å²) in [5.74, 6) is -0.882. The van der Waals surface area contributed by atoms with E-state index in [-0.39, 0.29) is 18.6 Å². The number of nitrogens with two attached hydrogens (primary N) is 1. The van der Waals surface area contributed by atoms with E-state index >= 15 is 0 Å². The highest BCUT2D eigenvalue weighted by Crippen LogP contribution is 2.38. The summed E-state index contributed by atoms with van der Waals surface area (Å²) in [7, 11) is 0. The number of nitrogens with one attached hydrogen (secondary N) is 1. The second kappa shape index (κ2) is 8.81. The number of benzene rings is 1. The minimum atomic E-state index is -4.96. The van der Waals surface area contributed by atoms with Gasteiger partial charge in [0.25, 0.3) is 0 Å². The number of amides is 1. The van der Waals surface area contributed by atoms with Gasteiger partial charge in [0.1, 0.15) is 12.4 Å². The molecule has 27 heavy (non-hydrogen) atoms. The number of rotatable bonds is 7. The van der Waals surface area contributed by atoms with Crippen LogP contribution < -0.4 is 15.8 Å². The van der Waals surface area contributed by atoms with Crippen LogP contribution in [-0.4, -0.2) is 24.6 Å². The Hall–Kier alpha value is -1.97. The molecule has 1 amide bonds. The fourth-order valence-corrected chi connectivity index (χ4v) is 2.24. The summed E-state index contributed by atoms with van der Waals surface area (Å²) in [6, 6.07) is -0.455. The van der Waals surface area contributed by atoms with Crippen LogP contribution in [-0.2, 0) is 17.1 Å². The summed E-state index contributed by atoms with van der Waals surface area (Å²) >= 11 is 0. The van der Waals surface area contributed by atoms with E-state index in [1.165, 1.54) is 6.92 Å². The highest BCUT2D eigenvalue weighted by atomic mass is 19.4. The molecule has 0 bridgehead atoms. The first-order chi connectivity index (χ1) is 12.2. The first-order valence-electron chi connectivity index (χ1n) is 8.18. The number of alkyl halides is 6. The maximum Gasteiger partial charge on any atom is 0.416 e. The van der Waals surface area contributed by atoms with Gasteiger partial charge in [0.15, 0.2) is 0 Å². The van der Waals surface area contributed by atoms with Gasteiger partial charge in [-0.2, -0.15) is 26.3 Å². The molecular formula is C17H22F6N2O2. The molecule has 4 nitrogen and oxygen atoms in total. The fourth-order valence-electron chi connectivity index (χ4n) is 2.24.